The lowest BCUT2D eigenvalue weighted by atomic mass is 9.93. The van der Waals surface area contributed by atoms with Gasteiger partial charge in [0, 0.05) is 25.9 Å². The smallest absolute Gasteiger partial charge is 0.221 e. The van der Waals surface area contributed by atoms with Crippen LogP contribution in [0.15, 0.2) is 54.7 Å². The summed E-state index contributed by atoms with van der Waals surface area (Å²) in [5.41, 5.74) is 4.14. The number of anilines is 1. The Morgan fingerprint density at radius 3 is 2.85 bits per heavy atom. The van der Waals surface area contributed by atoms with Crippen LogP contribution in [0.5, 0.6) is 0 Å². The van der Waals surface area contributed by atoms with Gasteiger partial charge in [0.2, 0.25) is 5.91 Å². The third-order valence-electron chi connectivity index (χ3n) is 4.28. The highest BCUT2D eigenvalue weighted by Gasteiger charge is 2.15. The molecule has 2 N–H and O–H groups in total. The topological polar surface area (TPSA) is 54.0 Å². The molecule has 1 aromatic carbocycles. The summed E-state index contributed by atoms with van der Waals surface area (Å²) in [5, 5.41) is 6.24. The minimum atomic E-state index is -0.102. The van der Waals surface area contributed by atoms with Gasteiger partial charge in [0.1, 0.15) is 5.69 Å². The Labute approximate surface area is 154 Å². The Bertz CT molecular complexity index is 829. The Hall–Kier alpha value is -2.90. The van der Waals surface area contributed by atoms with E-state index in [4.69, 9.17) is 0 Å². The summed E-state index contributed by atoms with van der Waals surface area (Å²) < 4.78 is 0. The molecule has 1 aromatic heterocycles. The second-order valence-corrected chi connectivity index (χ2v) is 6.36. The number of hydrogen-bond donors (Lipinski definition) is 2. The van der Waals surface area contributed by atoms with Crippen molar-refractivity contribution in [2.45, 2.75) is 32.2 Å². The van der Waals surface area contributed by atoms with E-state index in [9.17, 15) is 4.79 Å². The SMILES string of the molecule is CC(=O)Nc1ccc(C#CCCC2CC(c3ccccc3)=CCN2)nc1. The fraction of sp³-hybridized carbons (Fsp3) is 0.273. The molecule has 0 aliphatic carbocycles. The van der Waals surface area contributed by atoms with Crippen molar-refractivity contribution in [3.63, 3.8) is 0 Å². The van der Waals surface area contributed by atoms with E-state index in [1.165, 1.54) is 18.1 Å². The first-order chi connectivity index (χ1) is 12.7. The van der Waals surface area contributed by atoms with Gasteiger partial charge in [-0.3, -0.25) is 4.79 Å². The molecule has 0 saturated carbocycles. The summed E-state index contributed by atoms with van der Waals surface area (Å²) in [5.74, 6) is 6.19. The Balaban J connectivity index is 1.49. The molecule has 1 aliphatic rings. The van der Waals surface area contributed by atoms with Gasteiger partial charge in [0.15, 0.2) is 0 Å². The molecule has 2 aromatic rings. The standard InChI is InChI=1S/C22H23N3O/c1-17(26)25-22-12-11-20(24-16-22)9-5-6-10-21-15-19(13-14-23-21)18-7-3-2-4-8-18/h2-4,7-8,11-13,16,21,23H,6,10,14-15H2,1H3,(H,25,26). The predicted octanol–water partition coefficient (Wildman–Crippen LogP) is 3.62. The van der Waals surface area contributed by atoms with Crippen LogP contribution in [-0.2, 0) is 4.79 Å². The van der Waals surface area contributed by atoms with Gasteiger partial charge in [-0.1, -0.05) is 42.3 Å². The second-order valence-electron chi connectivity index (χ2n) is 6.36. The maximum absolute atomic E-state index is 11.0. The van der Waals surface area contributed by atoms with Gasteiger partial charge in [-0.2, -0.15) is 0 Å². The van der Waals surface area contributed by atoms with Crippen molar-refractivity contribution in [1.29, 1.82) is 0 Å². The summed E-state index contributed by atoms with van der Waals surface area (Å²) in [6.45, 7) is 2.39. The van der Waals surface area contributed by atoms with Crippen LogP contribution >= 0.6 is 0 Å². The van der Waals surface area contributed by atoms with Crippen molar-refractivity contribution in [3.05, 3.63) is 66.0 Å². The fourth-order valence-corrected chi connectivity index (χ4v) is 3.01. The largest absolute Gasteiger partial charge is 0.325 e. The van der Waals surface area contributed by atoms with Crippen LogP contribution in [-0.4, -0.2) is 23.5 Å². The summed E-state index contributed by atoms with van der Waals surface area (Å²) in [6.07, 6.45) is 6.79. The monoisotopic (exact) mass is 345 g/mol. The first-order valence-corrected chi connectivity index (χ1v) is 8.91. The summed E-state index contributed by atoms with van der Waals surface area (Å²) in [6, 6.07) is 14.7. The van der Waals surface area contributed by atoms with Crippen molar-refractivity contribution in [1.82, 2.24) is 10.3 Å². The highest BCUT2D eigenvalue weighted by Crippen LogP contribution is 2.23. The molecule has 4 nitrogen and oxygen atoms in total. The number of aromatic nitrogens is 1. The minimum Gasteiger partial charge on any atom is -0.325 e. The van der Waals surface area contributed by atoms with Gasteiger partial charge in [-0.25, -0.2) is 4.98 Å². The average molecular weight is 345 g/mol. The molecule has 0 radical (unpaired) electrons. The molecule has 0 bridgehead atoms. The lowest BCUT2D eigenvalue weighted by Gasteiger charge is -2.24. The first-order valence-electron chi connectivity index (χ1n) is 8.91. The molecule has 4 heteroatoms. The summed E-state index contributed by atoms with van der Waals surface area (Å²) >= 11 is 0. The average Bonchev–Trinajstić information content (AvgIpc) is 2.67. The van der Waals surface area contributed by atoms with Crippen molar-refractivity contribution < 1.29 is 4.79 Å². The van der Waals surface area contributed by atoms with Crippen molar-refractivity contribution in [2.75, 3.05) is 11.9 Å². The zero-order valence-corrected chi connectivity index (χ0v) is 15.0. The van der Waals surface area contributed by atoms with E-state index in [-0.39, 0.29) is 5.91 Å². The molecule has 1 aliphatic heterocycles. The van der Waals surface area contributed by atoms with Gasteiger partial charge in [0.25, 0.3) is 0 Å². The van der Waals surface area contributed by atoms with Gasteiger partial charge >= 0.3 is 0 Å². The third-order valence-corrected chi connectivity index (χ3v) is 4.28. The van der Waals surface area contributed by atoms with Crippen LogP contribution in [0.2, 0.25) is 0 Å². The number of nitrogens with one attached hydrogen (secondary N) is 2. The number of nitrogens with zero attached hydrogens (tertiary/aromatic N) is 1. The number of carbonyl (C=O) groups excluding carboxylic acids is 1. The van der Waals surface area contributed by atoms with E-state index in [2.05, 4.69) is 63.9 Å². The maximum Gasteiger partial charge on any atom is 0.221 e. The number of pyridine rings is 1. The maximum atomic E-state index is 11.0. The normalized spacial score (nSPS) is 16.2. The molecular weight excluding hydrogens is 322 g/mol. The molecule has 0 fully saturated rings. The van der Waals surface area contributed by atoms with E-state index in [1.807, 2.05) is 12.1 Å². The fourth-order valence-electron chi connectivity index (χ4n) is 3.01. The van der Waals surface area contributed by atoms with Crippen LogP contribution < -0.4 is 10.6 Å². The molecule has 0 saturated heterocycles. The zero-order valence-electron chi connectivity index (χ0n) is 15.0. The van der Waals surface area contributed by atoms with E-state index >= 15 is 0 Å². The molecule has 0 spiro atoms. The van der Waals surface area contributed by atoms with E-state index in [1.54, 1.807) is 6.20 Å². The first kappa shape index (κ1) is 17.9. The number of benzene rings is 1. The number of amides is 1. The summed E-state index contributed by atoms with van der Waals surface area (Å²) in [7, 11) is 0. The van der Waals surface area contributed by atoms with Gasteiger partial charge in [-0.05, 0) is 42.0 Å². The Morgan fingerprint density at radius 1 is 1.27 bits per heavy atom. The zero-order chi connectivity index (χ0) is 18.2. The molecule has 3 rings (SSSR count). The third kappa shape index (κ3) is 5.30. The molecule has 132 valence electrons. The van der Waals surface area contributed by atoms with Crippen LogP contribution in [0.1, 0.15) is 37.4 Å². The molecule has 26 heavy (non-hydrogen) atoms. The van der Waals surface area contributed by atoms with Gasteiger partial charge in [-0.15, -0.1) is 0 Å². The van der Waals surface area contributed by atoms with Crippen molar-refractivity contribution in [3.8, 4) is 11.8 Å². The molecule has 1 amide bonds. The predicted molar refractivity (Wildman–Crippen MR) is 105 cm³/mol. The van der Waals surface area contributed by atoms with Gasteiger partial charge < -0.3 is 10.6 Å². The second kappa shape index (κ2) is 8.98. The lowest BCUT2D eigenvalue weighted by molar-refractivity contribution is -0.114. The number of rotatable bonds is 4. The van der Waals surface area contributed by atoms with E-state index in [0.717, 1.165) is 31.5 Å². The molecular formula is C22H23N3O. The molecule has 1 atom stereocenters. The van der Waals surface area contributed by atoms with Gasteiger partial charge in [0.05, 0.1) is 11.9 Å². The number of carbonyl (C=O) groups is 1. The minimum absolute atomic E-state index is 0.102. The summed E-state index contributed by atoms with van der Waals surface area (Å²) in [4.78, 5) is 15.3. The van der Waals surface area contributed by atoms with Crippen LogP contribution in [0.25, 0.3) is 5.57 Å². The van der Waals surface area contributed by atoms with Crippen LogP contribution in [0.4, 0.5) is 5.69 Å². The van der Waals surface area contributed by atoms with Crippen LogP contribution in [0.3, 0.4) is 0 Å². The molecule has 1 unspecified atom stereocenters. The highest BCUT2D eigenvalue weighted by molar-refractivity contribution is 5.88. The quantitative estimate of drug-likeness (QED) is 0.832. The van der Waals surface area contributed by atoms with E-state index < -0.39 is 0 Å². The lowest BCUT2D eigenvalue weighted by Crippen LogP contribution is -2.32. The van der Waals surface area contributed by atoms with E-state index in [0.29, 0.717) is 11.7 Å². The highest BCUT2D eigenvalue weighted by atomic mass is 16.1. The number of hydrogen-bond acceptors (Lipinski definition) is 3. The van der Waals surface area contributed by atoms with Crippen molar-refractivity contribution >= 4 is 17.2 Å². The Morgan fingerprint density at radius 2 is 2.12 bits per heavy atom. The van der Waals surface area contributed by atoms with Crippen LogP contribution in [0, 0.1) is 11.8 Å². The van der Waals surface area contributed by atoms with Crippen molar-refractivity contribution in [2.24, 2.45) is 0 Å². The molecule has 2 heterocycles. The Kier molecular flexibility index (Phi) is 6.19.